The van der Waals surface area contributed by atoms with Gasteiger partial charge >= 0.3 is 0 Å². The highest BCUT2D eigenvalue weighted by Gasteiger charge is 2.19. The van der Waals surface area contributed by atoms with Gasteiger partial charge in [0.2, 0.25) is 0 Å². The van der Waals surface area contributed by atoms with Crippen LogP contribution in [0.25, 0.3) is 0 Å². The average Bonchev–Trinajstić information content (AvgIpc) is 2.48. The first-order valence-electron chi connectivity index (χ1n) is 6.94. The van der Waals surface area contributed by atoms with Crippen molar-refractivity contribution >= 4 is 5.69 Å². The topological polar surface area (TPSA) is 51.0 Å². The van der Waals surface area contributed by atoms with E-state index in [1.54, 1.807) is 0 Å². The monoisotopic (exact) mass is 263 g/mol. The molecule has 19 heavy (non-hydrogen) atoms. The number of benzene rings is 1. The molecule has 2 aliphatic rings. The molecule has 1 aromatic rings. The molecule has 0 saturated carbocycles. The maximum absolute atomic E-state index is 5.64. The minimum atomic E-state index is 0.640. The molecule has 0 aromatic heterocycles. The highest BCUT2D eigenvalue weighted by molar-refractivity contribution is 5.57. The van der Waals surface area contributed by atoms with Gasteiger partial charge in [-0.15, -0.1) is 0 Å². The predicted molar refractivity (Wildman–Crippen MR) is 75.1 cm³/mol. The lowest BCUT2D eigenvalue weighted by Crippen LogP contribution is -2.47. The van der Waals surface area contributed by atoms with Crippen LogP contribution in [0.3, 0.4) is 0 Å². The molecule has 0 unspecified atom stereocenters. The Hall–Kier alpha value is -1.46. The fourth-order valence-electron chi connectivity index (χ4n) is 2.64. The molecular formula is C14H21N3O2. The number of hydrogen-bond donors (Lipinski definition) is 1. The van der Waals surface area contributed by atoms with E-state index in [0.717, 1.165) is 50.8 Å². The fraction of sp³-hybridized carbons (Fsp3) is 0.571. The van der Waals surface area contributed by atoms with Crippen LogP contribution in [0, 0.1) is 0 Å². The molecule has 0 radical (unpaired) electrons. The maximum atomic E-state index is 5.64. The van der Waals surface area contributed by atoms with Crippen LogP contribution in [0.4, 0.5) is 5.69 Å². The number of hydrogen-bond acceptors (Lipinski definition) is 5. The normalized spacial score (nSPS) is 19.5. The summed E-state index contributed by atoms with van der Waals surface area (Å²) in [6, 6.07) is 6.22. The molecule has 1 aromatic carbocycles. The van der Waals surface area contributed by atoms with Crippen LogP contribution in [-0.2, 0) is 0 Å². The lowest BCUT2D eigenvalue weighted by molar-refractivity contribution is 0.171. The molecule has 5 nitrogen and oxygen atoms in total. The Morgan fingerprint density at radius 2 is 1.74 bits per heavy atom. The van der Waals surface area contributed by atoms with Gasteiger partial charge in [0.05, 0.1) is 0 Å². The first-order chi connectivity index (χ1) is 9.36. The summed E-state index contributed by atoms with van der Waals surface area (Å²) in [7, 11) is 0. The smallest absolute Gasteiger partial charge is 0.163 e. The van der Waals surface area contributed by atoms with Crippen LogP contribution in [-0.4, -0.2) is 57.4 Å². The van der Waals surface area contributed by atoms with Gasteiger partial charge in [0.25, 0.3) is 0 Å². The summed E-state index contributed by atoms with van der Waals surface area (Å²) in [5.74, 6) is 1.73. The van der Waals surface area contributed by atoms with Gasteiger partial charge < -0.3 is 20.1 Å². The first kappa shape index (κ1) is 12.6. The van der Waals surface area contributed by atoms with Gasteiger partial charge in [0.1, 0.15) is 13.2 Å². The number of anilines is 1. The number of ether oxygens (including phenoxy) is 2. The van der Waals surface area contributed by atoms with E-state index in [4.69, 9.17) is 15.2 Å². The minimum Gasteiger partial charge on any atom is -0.486 e. The van der Waals surface area contributed by atoms with Gasteiger partial charge in [-0.2, -0.15) is 0 Å². The van der Waals surface area contributed by atoms with Gasteiger partial charge in [-0.1, -0.05) is 0 Å². The first-order valence-corrected chi connectivity index (χ1v) is 6.94. The molecule has 0 amide bonds. The second kappa shape index (κ2) is 5.67. The molecule has 2 heterocycles. The van der Waals surface area contributed by atoms with Crippen LogP contribution in [0.1, 0.15) is 0 Å². The third-order valence-electron chi connectivity index (χ3n) is 3.71. The standard InChI is InChI=1S/C14H21N3O2/c15-3-4-16-5-7-17(8-6-16)12-1-2-13-14(11-12)19-10-9-18-13/h1-2,11H,3-10,15H2. The van der Waals surface area contributed by atoms with E-state index >= 15 is 0 Å². The lowest BCUT2D eigenvalue weighted by atomic mass is 10.2. The molecule has 0 spiro atoms. The molecule has 1 fully saturated rings. The third-order valence-corrected chi connectivity index (χ3v) is 3.71. The van der Waals surface area contributed by atoms with Crippen LogP contribution >= 0.6 is 0 Å². The molecule has 3 rings (SSSR count). The van der Waals surface area contributed by atoms with Crippen molar-refractivity contribution in [3.05, 3.63) is 18.2 Å². The molecule has 0 bridgehead atoms. The van der Waals surface area contributed by atoms with Gasteiger partial charge in [0, 0.05) is 51.0 Å². The second-order valence-electron chi connectivity index (χ2n) is 4.95. The summed E-state index contributed by atoms with van der Waals surface area (Å²) in [5.41, 5.74) is 6.81. The molecule has 0 aliphatic carbocycles. The highest BCUT2D eigenvalue weighted by Crippen LogP contribution is 2.34. The Bertz CT molecular complexity index is 431. The Labute approximate surface area is 113 Å². The SMILES string of the molecule is NCCN1CCN(c2ccc3c(c2)OCCO3)CC1. The quantitative estimate of drug-likeness (QED) is 0.862. The van der Waals surface area contributed by atoms with E-state index < -0.39 is 0 Å². The van der Waals surface area contributed by atoms with E-state index in [1.165, 1.54) is 5.69 Å². The molecule has 2 N–H and O–H groups in total. The summed E-state index contributed by atoms with van der Waals surface area (Å²) in [5, 5.41) is 0. The zero-order chi connectivity index (χ0) is 13.1. The highest BCUT2D eigenvalue weighted by atomic mass is 16.6. The molecule has 104 valence electrons. The van der Waals surface area contributed by atoms with Crippen LogP contribution in [0.5, 0.6) is 11.5 Å². The molecular weight excluding hydrogens is 242 g/mol. The molecule has 0 atom stereocenters. The zero-order valence-electron chi connectivity index (χ0n) is 11.2. The van der Waals surface area contributed by atoms with Crippen LogP contribution < -0.4 is 20.1 Å². The Morgan fingerprint density at radius 3 is 2.47 bits per heavy atom. The van der Waals surface area contributed by atoms with Gasteiger partial charge in [-0.25, -0.2) is 0 Å². The zero-order valence-corrected chi connectivity index (χ0v) is 11.2. The minimum absolute atomic E-state index is 0.640. The third kappa shape index (κ3) is 2.77. The molecule has 2 aliphatic heterocycles. The van der Waals surface area contributed by atoms with Crippen molar-refractivity contribution in [2.45, 2.75) is 0 Å². The Balaban J connectivity index is 1.66. The number of nitrogens with two attached hydrogens (primary N) is 1. The van der Waals surface area contributed by atoms with Gasteiger partial charge in [0.15, 0.2) is 11.5 Å². The number of fused-ring (bicyclic) bond motifs is 1. The lowest BCUT2D eigenvalue weighted by Gasteiger charge is -2.36. The van der Waals surface area contributed by atoms with Crippen molar-refractivity contribution in [2.75, 3.05) is 57.4 Å². The summed E-state index contributed by atoms with van der Waals surface area (Å²) in [4.78, 5) is 4.81. The average molecular weight is 263 g/mol. The maximum Gasteiger partial charge on any atom is 0.163 e. The Morgan fingerprint density at radius 1 is 1.00 bits per heavy atom. The van der Waals surface area contributed by atoms with E-state index in [2.05, 4.69) is 21.9 Å². The Kier molecular flexibility index (Phi) is 3.75. The number of piperazine rings is 1. The van der Waals surface area contributed by atoms with Crippen LogP contribution in [0.2, 0.25) is 0 Å². The van der Waals surface area contributed by atoms with Crippen molar-refractivity contribution in [1.82, 2.24) is 4.90 Å². The van der Waals surface area contributed by atoms with Crippen molar-refractivity contribution in [3.8, 4) is 11.5 Å². The number of rotatable bonds is 3. The summed E-state index contributed by atoms with van der Waals surface area (Å²) in [6.45, 7) is 7.25. The van der Waals surface area contributed by atoms with Crippen molar-refractivity contribution in [1.29, 1.82) is 0 Å². The van der Waals surface area contributed by atoms with Crippen molar-refractivity contribution < 1.29 is 9.47 Å². The molecule has 1 saturated heterocycles. The summed E-state index contributed by atoms with van der Waals surface area (Å²) < 4.78 is 11.2. The van der Waals surface area contributed by atoms with E-state index in [1.807, 2.05) is 6.07 Å². The van der Waals surface area contributed by atoms with E-state index in [9.17, 15) is 0 Å². The number of nitrogens with zero attached hydrogens (tertiary/aromatic N) is 2. The summed E-state index contributed by atoms with van der Waals surface area (Å²) >= 11 is 0. The van der Waals surface area contributed by atoms with Crippen molar-refractivity contribution in [3.63, 3.8) is 0 Å². The largest absolute Gasteiger partial charge is 0.486 e. The van der Waals surface area contributed by atoms with E-state index in [-0.39, 0.29) is 0 Å². The summed E-state index contributed by atoms with van der Waals surface area (Å²) in [6.07, 6.45) is 0. The molecule has 5 heteroatoms. The second-order valence-corrected chi connectivity index (χ2v) is 4.95. The predicted octanol–water partition coefficient (Wildman–Crippen LogP) is 0.538. The van der Waals surface area contributed by atoms with E-state index in [0.29, 0.717) is 13.2 Å². The van der Waals surface area contributed by atoms with Gasteiger partial charge in [-0.3, -0.25) is 4.90 Å². The van der Waals surface area contributed by atoms with Crippen LogP contribution in [0.15, 0.2) is 18.2 Å². The fourth-order valence-corrected chi connectivity index (χ4v) is 2.64. The van der Waals surface area contributed by atoms with Gasteiger partial charge in [-0.05, 0) is 12.1 Å². The van der Waals surface area contributed by atoms with Crippen molar-refractivity contribution in [2.24, 2.45) is 5.73 Å².